The lowest BCUT2D eigenvalue weighted by atomic mass is 10.2. The van der Waals surface area contributed by atoms with Gasteiger partial charge in [0.1, 0.15) is 0 Å². The van der Waals surface area contributed by atoms with Gasteiger partial charge in [-0.3, -0.25) is 0 Å². The molecule has 2 rings (SSSR count). The highest BCUT2D eigenvalue weighted by Crippen LogP contribution is 2.17. The molecule has 4 nitrogen and oxygen atoms in total. The molecule has 1 heterocycles. The maximum absolute atomic E-state index is 12.3. The summed E-state index contributed by atoms with van der Waals surface area (Å²) in [5.74, 6) is 0.444. The summed E-state index contributed by atoms with van der Waals surface area (Å²) in [6.07, 6.45) is 1.54. The molecule has 0 atom stereocenters. The van der Waals surface area contributed by atoms with Gasteiger partial charge >= 0.3 is 0 Å². The van der Waals surface area contributed by atoms with Gasteiger partial charge in [-0.25, -0.2) is 13.4 Å². The summed E-state index contributed by atoms with van der Waals surface area (Å²) in [5.41, 5.74) is 1.68. The second-order valence-electron chi connectivity index (χ2n) is 4.51. The van der Waals surface area contributed by atoms with Crippen LogP contribution < -0.4 is 4.74 Å². The van der Waals surface area contributed by atoms with E-state index in [2.05, 4.69) is 4.98 Å². The maximum Gasteiger partial charge on any atom is 0.213 e. The predicted octanol–water partition coefficient (Wildman–Crippen LogP) is 2.76. The van der Waals surface area contributed by atoms with E-state index in [0.29, 0.717) is 22.9 Å². The van der Waals surface area contributed by atoms with E-state index in [-0.39, 0.29) is 5.75 Å². The predicted molar refractivity (Wildman–Crippen MR) is 77.5 cm³/mol. The van der Waals surface area contributed by atoms with Crippen LogP contribution in [0.5, 0.6) is 5.88 Å². The average molecular weight is 291 g/mol. The van der Waals surface area contributed by atoms with Crippen LogP contribution in [0.1, 0.15) is 18.1 Å². The van der Waals surface area contributed by atoms with Gasteiger partial charge in [0.2, 0.25) is 5.88 Å². The van der Waals surface area contributed by atoms with Crippen molar-refractivity contribution in [3.63, 3.8) is 0 Å². The van der Waals surface area contributed by atoms with E-state index in [1.165, 1.54) is 6.20 Å². The molecule has 106 valence electrons. The van der Waals surface area contributed by atoms with Gasteiger partial charge in [0.05, 0.1) is 17.3 Å². The van der Waals surface area contributed by atoms with Gasteiger partial charge < -0.3 is 4.74 Å². The van der Waals surface area contributed by atoms with Crippen LogP contribution in [0, 0.1) is 6.92 Å². The highest BCUT2D eigenvalue weighted by Gasteiger charge is 2.15. The normalized spacial score (nSPS) is 11.3. The topological polar surface area (TPSA) is 56.3 Å². The summed E-state index contributed by atoms with van der Waals surface area (Å²) in [6, 6.07) is 10.3. The van der Waals surface area contributed by atoms with Gasteiger partial charge in [-0.2, -0.15) is 0 Å². The number of pyridine rings is 1. The smallest absolute Gasteiger partial charge is 0.213 e. The molecule has 0 aliphatic heterocycles. The summed E-state index contributed by atoms with van der Waals surface area (Å²) in [7, 11) is -3.34. The Bertz CT molecular complexity index is 661. The highest BCUT2D eigenvalue weighted by molar-refractivity contribution is 7.90. The summed E-state index contributed by atoms with van der Waals surface area (Å²) in [6.45, 7) is 4.33. The van der Waals surface area contributed by atoms with Crippen LogP contribution in [-0.4, -0.2) is 20.0 Å². The molecule has 1 aromatic carbocycles. The Morgan fingerprint density at radius 3 is 2.35 bits per heavy atom. The fourth-order valence-electron chi connectivity index (χ4n) is 1.78. The molecular weight excluding hydrogens is 274 g/mol. The van der Waals surface area contributed by atoms with Crippen molar-refractivity contribution < 1.29 is 13.2 Å². The Labute approximate surface area is 119 Å². The zero-order valence-corrected chi connectivity index (χ0v) is 12.4. The maximum atomic E-state index is 12.3. The first-order valence-electron chi connectivity index (χ1n) is 6.38. The number of aryl methyl sites for hydroxylation is 1. The van der Waals surface area contributed by atoms with Crippen molar-refractivity contribution in [3.8, 4) is 5.88 Å². The second-order valence-corrected chi connectivity index (χ2v) is 6.50. The van der Waals surface area contributed by atoms with Gasteiger partial charge in [0.25, 0.3) is 0 Å². The van der Waals surface area contributed by atoms with Crippen molar-refractivity contribution in [2.24, 2.45) is 0 Å². The van der Waals surface area contributed by atoms with Crippen LogP contribution in [0.4, 0.5) is 0 Å². The van der Waals surface area contributed by atoms with E-state index in [1.807, 2.05) is 13.8 Å². The molecule has 0 fully saturated rings. The molecule has 0 unspecified atom stereocenters. The molecule has 0 aliphatic rings. The summed E-state index contributed by atoms with van der Waals surface area (Å²) < 4.78 is 29.8. The van der Waals surface area contributed by atoms with E-state index in [1.54, 1.807) is 36.4 Å². The molecule has 0 saturated heterocycles. The third-order valence-corrected chi connectivity index (χ3v) is 4.53. The van der Waals surface area contributed by atoms with Crippen molar-refractivity contribution in [3.05, 3.63) is 53.7 Å². The van der Waals surface area contributed by atoms with Crippen molar-refractivity contribution >= 4 is 9.84 Å². The van der Waals surface area contributed by atoms with Crippen LogP contribution in [-0.2, 0) is 15.6 Å². The largest absolute Gasteiger partial charge is 0.478 e. The number of ether oxygens (including phenoxy) is 1. The number of aromatic nitrogens is 1. The Morgan fingerprint density at radius 1 is 1.10 bits per heavy atom. The summed E-state index contributed by atoms with van der Waals surface area (Å²) in [5, 5.41) is 0. The zero-order valence-electron chi connectivity index (χ0n) is 11.5. The lowest BCUT2D eigenvalue weighted by molar-refractivity contribution is 0.326. The molecule has 20 heavy (non-hydrogen) atoms. The molecule has 1 aromatic heterocycles. The standard InChI is InChI=1S/C15H17NO3S/c1-3-19-15-9-6-13(10-16-15)11-20(17,18)14-7-4-12(2)5-8-14/h4-10H,3,11H2,1-2H3. The number of rotatable bonds is 5. The molecule has 0 N–H and O–H groups in total. The molecule has 0 amide bonds. The first-order valence-corrected chi connectivity index (χ1v) is 8.03. The average Bonchev–Trinajstić information content (AvgIpc) is 2.41. The summed E-state index contributed by atoms with van der Waals surface area (Å²) >= 11 is 0. The van der Waals surface area contributed by atoms with Crippen molar-refractivity contribution in [2.75, 3.05) is 6.61 Å². The molecule has 5 heteroatoms. The van der Waals surface area contributed by atoms with E-state index in [0.717, 1.165) is 5.56 Å². The molecular formula is C15H17NO3S. The quantitative estimate of drug-likeness (QED) is 0.850. The molecule has 0 spiro atoms. The van der Waals surface area contributed by atoms with E-state index in [9.17, 15) is 8.42 Å². The van der Waals surface area contributed by atoms with Gasteiger partial charge in [0, 0.05) is 12.3 Å². The fourth-order valence-corrected chi connectivity index (χ4v) is 3.10. The lowest BCUT2D eigenvalue weighted by Crippen LogP contribution is -2.05. The van der Waals surface area contributed by atoms with Crippen molar-refractivity contribution in [1.82, 2.24) is 4.98 Å². The van der Waals surface area contributed by atoms with E-state index >= 15 is 0 Å². The van der Waals surface area contributed by atoms with Gasteiger partial charge in [0.15, 0.2) is 9.84 Å². The van der Waals surface area contributed by atoms with Crippen LogP contribution >= 0.6 is 0 Å². The second kappa shape index (κ2) is 6.05. The number of nitrogens with zero attached hydrogens (tertiary/aromatic N) is 1. The Kier molecular flexibility index (Phi) is 4.39. The van der Waals surface area contributed by atoms with Crippen LogP contribution in [0.15, 0.2) is 47.5 Å². The minimum absolute atomic E-state index is 0.0601. The SMILES string of the molecule is CCOc1ccc(CS(=O)(=O)c2ccc(C)cc2)cn1. The summed E-state index contributed by atoms with van der Waals surface area (Å²) in [4.78, 5) is 4.40. The highest BCUT2D eigenvalue weighted by atomic mass is 32.2. The van der Waals surface area contributed by atoms with E-state index < -0.39 is 9.84 Å². The Balaban J connectivity index is 2.17. The first kappa shape index (κ1) is 14.5. The van der Waals surface area contributed by atoms with Crippen LogP contribution in [0.25, 0.3) is 0 Å². The van der Waals surface area contributed by atoms with Crippen LogP contribution in [0.3, 0.4) is 0 Å². The molecule has 0 radical (unpaired) electrons. The molecule has 0 aliphatic carbocycles. The monoisotopic (exact) mass is 291 g/mol. The number of hydrogen-bond donors (Lipinski definition) is 0. The number of hydrogen-bond acceptors (Lipinski definition) is 4. The van der Waals surface area contributed by atoms with Gasteiger partial charge in [-0.05, 0) is 31.5 Å². The number of benzene rings is 1. The van der Waals surface area contributed by atoms with E-state index in [4.69, 9.17) is 4.74 Å². The van der Waals surface area contributed by atoms with Crippen molar-refractivity contribution in [2.45, 2.75) is 24.5 Å². The first-order chi connectivity index (χ1) is 9.51. The molecule has 0 saturated carbocycles. The van der Waals surface area contributed by atoms with Crippen LogP contribution in [0.2, 0.25) is 0 Å². The molecule has 0 bridgehead atoms. The minimum atomic E-state index is -3.34. The van der Waals surface area contributed by atoms with Crippen molar-refractivity contribution in [1.29, 1.82) is 0 Å². The van der Waals surface area contributed by atoms with Gasteiger partial charge in [-0.15, -0.1) is 0 Å². The lowest BCUT2D eigenvalue weighted by Gasteiger charge is -2.06. The zero-order chi connectivity index (χ0) is 14.6. The Morgan fingerprint density at radius 2 is 1.80 bits per heavy atom. The molecule has 2 aromatic rings. The number of sulfone groups is 1. The minimum Gasteiger partial charge on any atom is -0.478 e. The van der Waals surface area contributed by atoms with Gasteiger partial charge in [-0.1, -0.05) is 23.8 Å². The Hall–Kier alpha value is -1.88. The fraction of sp³-hybridized carbons (Fsp3) is 0.267. The third-order valence-electron chi connectivity index (χ3n) is 2.83. The third kappa shape index (κ3) is 3.57.